The number of halogens is 3. The average molecular weight is 330 g/mol. The van der Waals surface area contributed by atoms with E-state index in [1.807, 2.05) is 6.92 Å². The van der Waals surface area contributed by atoms with Crippen LogP contribution in [0, 0.1) is 5.82 Å². The molecule has 21 heavy (non-hydrogen) atoms. The van der Waals surface area contributed by atoms with Gasteiger partial charge in [-0.05, 0) is 30.7 Å². The molecular weight excluding hydrogens is 316 g/mol. The summed E-state index contributed by atoms with van der Waals surface area (Å²) < 4.78 is 18.6. The van der Waals surface area contributed by atoms with Gasteiger partial charge in [0.1, 0.15) is 11.6 Å². The van der Waals surface area contributed by atoms with Gasteiger partial charge in [0, 0.05) is 0 Å². The van der Waals surface area contributed by atoms with E-state index < -0.39 is 5.82 Å². The molecule has 0 atom stereocenters. The van der Waals surface area contributed by atoms with Crippen molar-refractivity contribution < 1.29 is 9.13 Å². The van der Waals surface area contributed by atoms with E-state index in [0.29, 0.717) is 29.7 Å². The van der Waals surface area contributed by atoms with Gasteiger partial charge in [0.15, 0.2) is 0 Å². The van der Waals surface area contributed by atoms with Crippen LogP contribution in [-0.4, -0.2) is 11.6 Å². The molecule has 1 aromatic heterocycles. The molecule has 0 spiro atoms. The highest BCUT2D eigenvalue weighted by Gasteiger charge is 2.11. The van der Waals surface area contributed by atoms with Gasteiger partial charge in [-0.25, -0.2) is 4.39 Å². The number of nitrogen functional groups attached to an aromatic ring is 1. The summed E-state index contributed by atoms with van der Waals surface area (Å²) in [6.07, 6.45) is 0.842. The summed E-state index contributed by atoms with van der Waals surface area (Å²) in [6, 6.07) is 5.65. The summed E-state index contributed by atoms with van der Waals surface area (Å²) in [5.41, 5.74) is 6.60. The Hall–Kier alpha value is -1.72. The highest BCUT2D eigenvalue weighted by Crippen LogP contribution is 2.34. The molecule has 3 N–H and O–H groups in total. The second kappa shape index (κ2) is 6.83. The zero-order valence-electron chi connectivity index (χ0n) is 11.3. The van der Waals surface area contributed by atoms with Crippen molar-refractivity contribution in [1.82, 2.24) is 4.98 Å². The maximum absolute atomic E-state index is 13.2. The van der Waals surface area contributed by atoms with Crippen LogP contribution in [0.25, 0.3) is 0 Å². The minimum atomic E-state index is -0.507. The lowest BCUT2D eigenvalue weighted by Crippen LogP contribution is -2.03. The Morgan fingerprint density at radius 3 is 2.57 bits per heavy atom. The maximum atomic E-state index is 13.2. The molecule has 0 bridgehead atoms. The van der Waals surface area contributed by atoms with E-state index in [4.69, 9.17) is 33.7 Å². The second-order valence-corrected chi connectivity index (χ2v) is 5.12. The zero-order chi connectivity index (χ0) is 15.4. The van der Waals surface area contributed by atoms with Crippen LogP contribution in [0.5, 0.6) is 5.88 Å². The molecule has 0 fully saturated rings. The number of nitrogens with zero attached hydrogens (tertiary/aromatic N) is 1. The Morgan fingerprint density at radius 1 is 1.29 bits per heavy atom. The number of anilines is 3. The molecule has 0 aliphatic heterocycles. The number of ether oxygens (including phenoxy) is 1. The summed E-state index contributed by atoms with van der Waals surface area (Å²) in [6.45, 7) is 2.50. The minimum Gasteiger partial charge on any atom is -0.476 e. The zero-order valence-corrected chi connectivity index (χ0v) is 12.8. The summed E-state index contributed by atoms with van der Waals surface area (Å²) in [5.74, 6) is 0.273. The van der Waals surface area contributed by atoms with E-state index in [2.05, 4.69) is 10.3 Å². The lowest BCUT2D eigenvalue weighted by atomic mass is 10.3. The highest BCUT2D eigenvalue weighted by molar-refractivity contribution is 6.39. The molecule has 0 amide bonds. The molecule has 0 aliphatic rings. The summed E-state index contributed by atoms with van der Waals surface area (Å²) >= 11 is 11.9. The Labute approximate surface area is 132 Å². The van der Waals surface area contributed by atoms with Crippen molar-refractivity contribution in [3.05, 3.63) is 40.1 Å². The molecule has 2 rings (SSSR count). The van der Waals surface area contributed by atoms with Gasteiger partial charge < -0.3 is 15.8 Å². The number of aromatic nitrogens is 1. The third-order valence-electron chi connectivity index (χ3n) is 2.59. The van der Waals surface area contributed by atoms with Gasteiger partial charge >= 0.3 is 0 Å². The van der Waals surface area contributed by atoms with Gasteiger partial charge in [0.2, 0.25) is 5.88 Å². The third-order valence-corrected chi connectivity index (χ3v) is 3.19. The first-order valence-electron chi connectivity index (χ1n) is 6.32. The minimum absolute atomic E-state index is 0.162. The number of nitrogens with one attached hydrogen (secondary N) is 1. The standard InChI is InChI=1S/C14H14Cl2FN3O/c1-2-5-21-14-11(18)3-4-12(20-14)19-13-9(15)6-8(17)7-10(13)16/h3-4,6-7H,2,5,18H2,1H3,(H,19,20). The summed E-state index contributed by atoms with van der Waals surface area (Å²) in [5, 5.41) is 3.26. The van der Waals surface area contributed by atoms with E-state index >= 15 is 0 Å². The Balaban J connectivity index is 2.28. The Bertz CT molecular complexity index is 629. The number of nitrogens with two attached hydrogens (primary N) is 1. The number of rotatable bonds is 5. The fraction of sp³-hybridized carbons (Fsp3) is 0.214. The van der Waals surface area contributed by atoms with Crippen LogP contribution in [-0.2, 0) is 0 Å². The van der Waals surface area contributed by atoms with Gasteiger partial charge in [-0.1, -0.05) is 30.1 Å². The van der Waals surface area contributed by atoms with Gasteiger partial charge in [0.25, 0.3) is 0 Å². The molecule has 112 valence electrons. The predicted molar refractivity (Wildman–Crippen MR) is 84.1 cm³/mol. The van der Waals surface area contributed by atoms with Crippen LogP contribution in [0.4, 0.5) is 21.6 Å². The van der Waals surface area contributed by atoms with Gasteiger partial charge in [-0.2, -0.15) is 4.98 Å². The van der Waals surface area contributed by atoms with Crippen molar-refractivity contribution in [2.45, 2.75) is 13.3 Å². The number of hydrogen-bond donors (Lipinski definition) is 2. The van der Waals surface area contributed by atoms with Crippen molar-refractivity contribution in [3.8, 4) is 5.88 Å². The van der Waals surface area contributed by atoms with Gasteiger partial charge in [-0.3, -0.25) is 0 Å². The Morgan fingerprint density at radius 2 is 1.95 bits per heavy atom. The first-order valence-corrected chi connectivity index (χ1v) is 7.07. The molecule has 0 saturated heterocycles. The van der Waals surface area contributed by atoms with Crippen LogP contribution in [0.15, 0.2) is 24.3 Å². The lowest BCUT2D eigenvalue weighted by molar-refractivity contribution is 0.307. The maximum Gasteiger partial charge on any atom is 0.239 e. The SMILES string of the molecule is CCCOc1nc(Nc2c(Cl)cc(F)cc2Cl)ccc1N. The Kier molecular flexibility index (Phi) is 5.09. The van der Waals surface area contributed by atoms with Crippen LogP contribution in [0.1, 0.15) is 13.3 Å². The molecule has 0 radical (unpaired) electrons. The summed E-state index contributed by atoms with van der Waals surface area (Å²) in [7, 11) is 0. The van der Waals surface area contributed by atoms with Crippen molar-refractivity contribution in [2.24, 2.45) is 0 Å². The molecular formula is C14H14Cl2FN3O. The molecule has 7 heteroatoms. The van der Waals surface area contributed by atoms with Crippen molar-refractivity contribution >= 4 is 40.4 Å². The van der Waals surface area contributed by atoms with E-state index in [1.54, 1.807) is 12.1 Å². The van der Waals surface area contributed by atoms with Gasteiger partial charge in [-0.15, -0.1) is 0 Å². The molecule has 0 saturated carbocycles. The van der Waals surface area contributed by atoms with E-state index in [9.17, 15) is 4.39 Å². The first kappa shape index (κ1) is 15.7. The predicted octanol–water partition coefficient (Wildman–Crippen LogP) is 4.64. The smallest absolute Gasteiger partial charge is 0.239 e. The normalized spacial score (nSPS) is 10.5. The van der Waals surface area contributed by atoms with Gasteiger partial charge in [0.05, 0.1) is 28.0 Å². The molecule has 4 nitrogen and oxygen atoms in total. The number of pyridine rings is 1. The first-order chi connectivity index (χ1) is 10.0. The largest absolute Gasteiger partial charge is 0.476 e. The van der Waals surface area contributed by atoms with E-state index in [-0.39, 0.29) is 10.0 Å². The lowest BCUT2D eigenvalue weighted by Gasteiger charge is -2.12. The molecule has 0 unspecified atom stereocenters. The topological polar surface area (TPSA) is 60.2 Å². The molecule has 1 heterocycles. The van der Waals surface area contributed by atoms with Crippen molar-refractivity contribution in [2.75, 3.05) is 17.7 Å². The highest BCUT2D eigenvalue weighted by atomic mass is 35.5. The van der Waals surface area contributed by atoms with Crippen molar-refractivity contribution in [3.63, 3.8) is 0 Å². The summed E-state index contributed by atoms with van der Waals surface area (Å²) in [4.78, 5) is 4.24. The number of hydrogen-bond acceptors (Lipinski definition) is 4. The van der Waals surface area contributed by atoms with Crippen LogP contribution >= 0.6 is 23.2 Å². The third kappa shape index (κ3) is 3.89. The monoisotopic (exact) mass is 329 g/mol. The van der Waals surface area contributed by atoms with Crippen molar-refractivity contribution in [1.29, 1.82) is 0 Å². The fourth-order valence-corrected chi connectivity index (χ4v) is 2.18. The average Bonchev–Trinajstić information content (AvgIpc) is 2.43. The molecule has 0 aliphatic carbocycles. The second-order valence-electron chi connectivity index (χ2n) is 4.31. The van der Waals surface area contributed by atoms with Crippen LogP contribution in [0.2, 0.25) is 10.0 Å². The fourth-order valence-electron chi connectivity index (χ4n) is 1.62. The quantitative estimate of drug-likeness (QED) is 0.838. The van der Waals surface area contributed by atoms with Crippen LogP contribution in [0.3, 0.4) is 0 Å². The molecule has 1 aromatic carbocycles. The number of benzene rings is 1. The molecule has 2 aromatic rings. The van der Waals surface area contributed by atoms with Crippen LogP contribution < -0.4 is 15.8 Å². The van der Waals surface area contributed by atoms with E-state index in [0.717, 1.165) is 6.42 Å². The van der Waals surface area contributed by atoms with E-state index in [1.165, 1.54) is 12.1 Å².